The minimum absolute atomic E-state index is 0.0618. The lowest BCUT2D eigenvalue weighted by Gasteiger charge is -2.27. The Morgan fingerprint density at radius 3 is 2.41 bits per heavy atom. The van der Waals surface area contributed by atoms with Crippen molar-refractivity contribution >= 4 is 45.5 Å². The monoisotopic (exact) mass is 429 g/mol. The summed E-state index contributed by atoms with van der Waals surface area (Å²) in [5.41, 5.74) is 3.92. The number of urea groups is 1. The first kappa shape index (κ1) is 19.1. The molecule has 0 saturated carbocycles. The van der Waals surface area contributed by atoms with Gasteiger partial charge in [-0.15, -0.1) is 0 Å². The first-order valence-electron chi connectivity index (χ1n) is 8.59. The van der Waals surface area contributed by atoms with Crippen molar-refractivity contribution in [3.8, 4) is 0 Å². The van der Waals surface area contributed by atoms with E-state index in [-0.39, 0.29) is 5.57 Å². The van der Waals surface area contributed by atoms with E-state index in [4.69, 9.17) is 0 Å². The molecule has 6 nitrogen and oxygen atoms in total. The molecule has 1 saturated heterocycles. The number of halogens is 1. The second-order valence-electron chi connectivity index (χ2n) is 6.46. The number of aromatic nitrogens is 1. The van der Waals surface area contributed by atoms with E-state index in [9.17, 15) is 14.4 Å². The first-order chi connectivity index (χ1) is 12.7. The zero-order valence-corrected chi connectivity index (χ0v) is 17.2. The van der Waals surface area contributed by atoms with Crippen LogP contribution in [0.3, 0.4) is 0 Å². The molecule has 0 bridgehead atoms. The van der Waals surface area contributed by atoms with Gasteiger partial charge < -0.3 is 4.57 Å². The molecule has 140 valence electrons. The van der Waals surface area contributed by atoms with Gasteiger partial charge in [-0.05, 0) is 69.2 Å². The maximum Gasteiger partial charge on any atom is 0.335 e. The highest BCUT2D eigenvalue weighted by molar-refractivity contribution is 9.10. The van der Waals surface area contributed by atoms with Crippen LogP contribution in [0, 0.1) is 20.8 Å². The summed E-state index contributed by atoms with van der Waals surface area (Å²) < 4.78 is 2.94. The molecule has 0 unspecified atom stereocenters. The van der Waals surface area contributed by atoms with Crippen LogP contribution >= 0.6 is 15.9 Å². The van der Waals surface area contributed by atoms with Crippen molar-refractivity contribution < 1.29 is 14.4 Å². The van der Waals surface area contributed by atoms with Crippen molar-refractivity contribution in [1.82, 2.24) is 9.88 Å². The van der Waals surface area contributed by atoms with E-state index >= 15 is 0 Å². The molecule has 0 atom stereocenters. The number of nitrogens with zero attached hydrogens (tertiary/aromatic N) is 2. The van der Waals surface area contributed by atoms with Gasteiger partial charge in [0.25, 0.3) is 11.8 Å². The summed E-state index contributed by atoms with van der Waals surface area (Å²) in [6.45, 7) is 8.54. The van der Waals surface area contributed by atoms with Gasteiger partial charge in [0.2, 0.25) is 0 Å². The van der Waals surface area contributed by atoms with Crippen molar-refractivity contribution in [1.29, 1.82) is 0 Å². The number of rotatable bonds is 3. The quantitative estimate of drug-likeness (QED) is 0.594. The largest absolute Gasteiger partial charge is 0.349 e. The molecule has 7 heteroatoms. The van der Waals surface area contributed by atoms with Crippen molar-refractivity contribution in [3.05, 3.63) is 56.8 Å². The summed E-state index contributed by atoms with van der Waals surface area (Å²) in [5, 5.41) is 2.27. The molecule has 27 heavy (non-hydrogen) atoms. The number of hydrogen-bond donors (Lipinski definition) is 1. The molecule has 4 amide bonds. The zero-order valence-electron chi connectivity index (χ0n) is 15.6. The molecule has 3 rings (SSSR count). The fourth-order valence-corrected chi connectivity index (χ4v) is 3.84. The number of nitrogens with one attached hydrogen (secondary N) is 1. The highest BCUT2D eigenvalue weighted by Crippen LogP contribution is 2.28. The molecule has 1 aromatic carbocycles. The molecule has 1 aliphatic heterocycles. The van der Waals surface area contributed by atoms with Gasteiger partial charge in [0.15, 0.2) is 0 Å². The third kappa shape index (κ3) is 3.35. The number of carbonyl (C=O) groups is 3. The molecule has 0 aliphatic carbocycles. The van der Waals surface area contributed by atoms with Gasteiger partial charge in [-0.2, -0.15) is 0 Å². The van der Waals surface area contributed by atoms with Crippen molar-refractivity contribution in [2.24, 2.45) is 0 Å². The third-order valence-electron chi connectivity index (χ3n) is 4.73. The highest BCUT2D eigenvalue weighted by atomic mass is 79.9. The lowest BCUT2D eigenvalue weighted by Crippen LogP contribution is -2.54. The van der Waals surface area contributed by atoms with Crippen LogP contribution in [0.5, 0.6) is 0 Å². The Bertz CT molecular complexity index is 1000. The Morgan fingerprint density at radius 2 is 1.81 bits per heavy atom. The lowest BCUT2D eigenvalue weighted by molar-refractivity contribution is -0.122. The second-order valence-corrected chi connectivity index (χ2v) is 7.38. The SMILES string of the molecule is CCn1c(C)cc(/C=C2\C(=O)NC(=O)N(c3ccc(Br)cc3C)C2=O)c1C. The fraction of sp³-hybridized carbons (Fsp3) is 0.250. The van der Waals surface area contributed by atoms with Gasteiger partial charge in [0.05, 0.1) is 5.69 Å². The minimum Gasteiger partial charge on any atom is -0.349 e. The van der Waals surface area contributed by atoms with Crippen LogP contribution in [0.4, 0.5) is 10.5 Å². The lowest BCUT2D eigenvalue weighted by atomic mass is 10.1. The molecule has 0 spiro atoms. The molecule has 1 aromatic heterocycles. The number of benzene rings is 1. The Kier molecular flexibility index (Phi) is 5.06. The van der Waals surface area contributed by atoms with Crippen LogP contribution in [0.15, 0.2) is 34.3 Å². The van der Waals surface area contributed by atoms with Crippen LogP contribution in [-0.2, 0) is 16.1 Å². The van der Waals surface area contributed by atoms with Crippen LogP contribution in [-0.4, -0.2) is 22.4 Å². The number of anilines is 1. The zero-order chi connectivity index (χ0) is 19.9. The fourth-order valence-electron chi connectivity index (χ4n) is 3.36. The number of aryl methyl sites for hydroxylation is 2. The molecular weight excluding hydrogens is 410 g/mol. The van der Waals surface area contributed by atoms with Crippen LogP contribution in [0.2, 0.25) is 0 Å². The van der Waals surface area contributed by atoms with E-state index in [1.54, 1.807) is 25.1 Å². The summed E-state index contributed by atoms with van der Waals surface area (Å²) in [6.07, 6.45) is 1.56. The Balaban J connectivity index is 2.08. The summed E-state index contributed by atoms with van der Waals surface area (Å²) in [7, 11) is 0. The summed E-state index contributed by atoms with van der Waals surface area (Å²) >= 11 is 3.37. The minimum atomic E-state index is -0.744. The van der Waals surface area contributed by atoms with E-state index in [1.165, 1.54) is 0 Å². The van der Waals surface area contributed by atoms with Gasteiger partial charge in [-0.1, -0.05) is 15.9 Å². The van der Waals surface area contributed by atoms with Crippen molar-refractivity contribution in [3.63, 3.8) is 0 Å². The standard InChI is InChI=1S/C20H20BrN3O3/c1-5-23-12(3)9-14(13(23)4)10-16-18(25)22-20(27)24(19(16)26)17-7-6-15(21)8-11(17)2/h6-10H,5H2,1-4H3,(H,22,25,27)/b16-10+. The van der Waals surface area contributed by atoms with E-state index < -0.39 is 17.8 Å². The van der Waals surface area contributed by atoms with Gasteiger partial charge in [-0.3, -0.25) is 14.9 Å². The Morgan fingerprint density at radius 1 is 1.11 bits per heavy atom. The predicted molar refractivity (Wildman–Crippen MR) is 107 cm³/mol. The summed E-state index contributed by atoms with van der Waals surface area (Å²) in [4.78, 5) is 38.7. The normalized spacial score (nSPS) is 16.3. The molecule has 1 aliphatic rings. The van der Waals surface area contributed by atoms with Crippen molar-refractivity contribution in [2.75, 3.05) is 4.90 Å². The van der Waals surface area contributed by atoms with Crippen molar-refractivity contribution in [2.45, 2.75) is 34.2 Å². The van der Waals surface area contributed by atoms with E-state index in [2.05, 4.69) is 25.8 Å². The third-order valence-corrected chi connectivity index (χ3v) is 5.22. The number of imide groups is 2. The number of barbiturate groups is 1. The maximum absolute atomic E-state index is 13.0. The topological polar surface area (TPSA) is 71.4 Å². The molecule has 2 heterocycles. The first-order valence-corrected chi connectivity index (χ1v) is 9.38. The molecule has 2 aromatic rings. The van der Waals surface area contributed by atoms with E-state index in [0.717, 1.165) is 38.4 Å². The number of carbonyl (C=O) groups excluding carboxylic acids is 3. The second kappa shape index (κ2) is 7.15. The van der Waals surface area contributed by atoms with E-state index in [0.29, 0.717) is 5.69 Å². The molecule has 1 N–H and O–H groups in total. The van der Waals surface area contributed by atoms with Crippen LogP contribution in [0.25, 0.3) is 6.08 Å². The van der Waals surface area contributed by atoms with Gasteiger partial charge in [-0.25, -0.2) is 9.69 Å². The summed E-state index contributed by atoms with van der Waals surface area (Å²) in [6, 6.07) is 6.42. The Hall–Kier alpha value is -2.67. The van der Waals surface area contributed by atoms with Gasteiger partial charge in [0, 0.05) is 22.4 Å². The Labute approximate surface area is 166 Å². The molecule has 0 radical (unpaired) electrons. The molecule has 1 fully saturated rings. The van der Waals surface area contributed by atoms with Gasteiger partial charge in [0.1, 0.15) is 5.57 Å². The highest BCUT2D eigenvalue weighted by Gasteiger charge is 2.37. The predicted octanol–water partition coefficient (Wildman–Crippen LogP) is 3.86. The van der Waals surface area contributed by atoms with Crippen LogP contribution < -0.4 is 10.2 Å². The average molecular weight is 430 g/mol. The summed E-state index contributed by atoms with van der Waals surface area (Å²) in [5.74, 6) is -1.31. The smallest absolute Gasteiger partial charge is 0.335 e. The maximum atomic E-state index is 13.0. The number of amides is 4. The molecular formula is C20H20BrN3O3. The van der Waals surface area contributed by atoms with E-state index in [1.807, 2.05) is 32.9 Å². The van der Waals surface area contributed by atoms with Crippen LogP contribution in [0.1, 0.15) is 29.4 Å². The van der Waals surface area contributed by atoms with Gasteiger partial charge >= 0.3 is 6.03 Å². The number of hydrogen-bond acceptors (Lipinski definition) is 3. The average Bonchev–Trinajstić information content (AvgIpc) is 2.86.